The minimum absolute atomic E-state index is 0.300. The summed E-state index contributed by atoms with van der Waals surface area (Å²) in [6, 6.07) is 10.2. The lowest BCUT2D eigenvalue weighted by molar-refractivity contribution is -0.157. The van der Waals surface area contributed by atoms with E-state index in [0.29, 0.717) is 38.2 Å². The van der Waals surface area contributed by atoms with Gasteiger partial charge in [0.05, 0.1) is 12.4 Å². The van der Waals surface area contributed by atoms with Gasteiger partial charge in [0.1, 0.15) is 13.1 Å². The first-order valence-corrected chi connectivity index (χ1v) is 11.1. The van der Waals surface area contributed by atoms with Crippen molar-refractivity contribution >= 4 is 40.7 Å². The molecule has 0 bridgehead atoms. The molecule has 2 heterocycles. The van der Waals surface area contributed by atoms with Gasteiger partial charge < -0.3 is 14.6 Å². The summed E-state index contributed by atoms with van der Waals surface area (Å²) < 4.78 is 38.0. The lowest BCUT2D eigenvalue weighted by atomic mass is 9.88. The third kappa shape index (κ3) is 5.00. The fraction of sp³-hybridized carbons (Fsp3) is 0.348. The summed E-state index contributed by atoms with van der Waals surface area (Å²) >= 11 is 12.2. The Morgan fingerprint density at radius 2 is 1.85 bits per heavy atom. The first-order chi connectivity index (χ1) is 15.8. The molecule has 2 aromatic rings. The molecule has 0 aromatic heterocycles. The van der Waals surface area contributed by atoms with Crippen LogP contribution in [0.1, 0.15) is 40.4 Å². The largest absolute Gasteiger partial charge is 0.406 e. The average Bonchev–Trinajstić information content (AvgIpc) is 3.29. The number of nitrogens with zero attached hydrogens (tertiary/aromatic N) is 3. The van der Waals surface area contributed by atoms with Gasteiger partial charge in [0.2, 0.25) is 5.91 Å². The number of oxime groups is 1. The number of carbonyl (C=O) groups excluding carboxylic acids is 2. The number of halogens is 5. The van der Waals surface area contributed by atoms with E-state index < -0.39 is 43.3 Å². The molecule has 2 aliphatic rings. The Morgan fingerprint density at radius 1 is 1.18 bits per heavy atom. The molecule has 0 N–H and O–H groups in total. The highest BCUT2D eigenvalue weighted by atomic mass is 35.5. The van der Waals surface area contributed by atoms with Crippen molar-refractivity contribution in [2.45, 2.75) is 32.0 Å². The average molecular weight is 514 g/mol. The van der Waals surface area contributed by atoms with E-state index >= 15 is 0 Å². The molecular weight excluding hydrogens is 494 g/mol. The van der Waals surface area contributed by atoms with Gasteiger partial charge in [0, 0.05) is 27.6 Å². The van der Waals surface area contributed by atoms with E-state index in [0.717, 1.165) is 16.0 Å². The minimum atomic E-state index is -4.53. The molecule has 1 unspecified atom stereocenters. The molecule has 0 saturated carbocycles. The van der Waals surface area contributed by atoms with Gasteiger partial charge in [0.15, 0.2) is 5.60 Å². The van der Waals surface area contributed by atoms with Crippen molar-refractivity contribution in [3.8, 4) is 0 Å². The molecule has 2 aliphatic heterocycles. The van der Waals surface area contributed by atoms with Crippen LogP contribution in [-0.2, 0) is 15.2 Å². The highest BCUT2D eigenvalue weighted by Gasteiger charge is 2.40. The van der Waals surface area contributed by atoms with Gasteiger partial charge in [0.25, 0.3) is 5.91 Å². The number of aryl methyl sites for hydroxylation is 1. The van der Waals surface area contributed by atoms with Crippen molar-refractivity contribution in [2.75, 3.05) is 19.8 Å². The molecule has 180 valence electrons. The monoisotopic (exact) mass is 513 g/mol. The van der Waals surface area contributed by atoms with Crippen LogP contribution in [0, 0.1) is 6.92 Å². The van der Waals surface area contributed by atoms with Crippen LogP contribution in [0.5, 0.6) is 0 Å². The summed E-state index contributed by atoms with van der Waals surface area (Å²) in [4.78, 5) is 32.3. The van der Waals surface area contributed by atoms with E-state index in [1.807, 2.05) is 6.92 Å². The maximum atomic E-state index is 12.9. The van der Waals surface area contributed by atoms with Gasteiger partial charge in [-0.15, -0.1) is 0 Å². The van der Waals surface area contributed by atoms with Gasteiger partial charge in [-0.2, -0.15) is 13.2 Å². The quantitative estimate of drug-likeness (QED) is 0.568. The molecule has 1 atom stereocenters. The van der Waals surface area contributed by atoms with Crippen molar-refractivity contribution in [1.29, 1.82) is 0 Å². The van der Waals surface area contributed by atoms with Crippen molar-refractivity contribution < 1.29 is 27.6 Å². The lowest BCUT2D eigenvalue weighted by Crippen LogP contribution is -2.37. The molecule has 1 fully saturated rings. The predicted octanol–water partition coefficient (Wildman–Crippen LogP) is 5.15. The fourth-order valence-electron chi connectivity index (χ4n) is 4.05. The van der Waals surface area contributed by atoms with Crippen LogP contribution < -0.4 is 0 Å². The normalized spacial score (nSPS) is 20.6. The second kappa shape index (κ2) is 8.78. The van der Waals surface area contributed by atoms with Crippen LogP contribution in [0.3, 0.4) is 0 Å². The van der Waals surface area contributed by atoms with Crippen molar-refractivity contribution in [2.24, 2.45) is 5.16 Å². The Balaban J connectivity index is 1.49. The SMILES string of the molecule is Cc1cc(C2=NOC(C)(c3cc(Cl)cc(Cl)c3)C2)ccc1C(=O)N1CC(=O)N(CC(F)(F)F)C1. The van der Waals surface area contributed by atoms with E-state index in [4.69, 9.17) is 28.0 Å². The Morgan fingerprint density at radius 3 is 2.47 bits per heavy atom. The second-order valence-electron chi connectivity index (χ2n) is 8.58. The topological polar surface area (TPSA) is 62.2 Å². The second-order valence-corrected chi connectivity index (χ2v) is 9.45. The molecule has 2 aromatic carbocycles. The summed E-state index contributed by atoms with van der Waals surface area (Å²) in [5.74, 6) is -1.25. The summed E-state index contributed by atoms with van der Waals surface area (Å²) in [6.07, 6.45) is -4.09. The minimum Gasteiger partial charge on any atom is -0.384 e. The number of benzene rings is 2. The van der Waals surface area contributed by atoms with Gasteiger partial charge in [-0.25, -0.2) is 0 Å². The van der Waals surface area contributed by atoms with Gasteiger partial charge in [-0.3, -0.25) is 9.59 Å². The number of carbonyl (C=O) groups is 2. The van der Waals surface area contributed by atoms with Crippen LogP contribution in [0.4, 0.5) is 13.2 Å². The zero-order chi connectivity index (χ0) is 24.8. The van der Waals surface area contributed by atoms with Gasteiger partial charge >= 0.3 is 6.18 Å². The first kappa shape index (κ1) is 24.3. The Hall–Kier alpha value is -2.78. The summed E-state index contributed by atoms with van der Waals surface area (Å²) in [6.45, 7) is 1.41. The number of hydrogen-bond acceptors (Lipinski definition) is 4. The zero-order valence-corrected chi connectivity index (χ0v) is 19.8. The molecule has 0 radical (unpaired) electrons. The summed E-state index contributed by atoms with van der Waals surface area (Å²) in [5, 5.41) is 5.18. The predicted molar refractivity (Wildman–Crippen MR) is 121 cm³/mol. The molecule has 2 amide bonds. The third-order valence-corrected chi connectivity index (χ3v) is 6.24. The van der Waals surface area contributed by atoms with Crippen molar-refractivity contribution in [3.63, 3.8) is 0 Å². The summed E-state index contributed by atoms with van der Waals surface area (Å²) in [5.41, 5.74) is 2.30. The van der Waals surface area contributed by atoms with Crippen molar-refractivity contribution in [3.05, 3.63) is 68.7 Å². The Bertz CT molecular complexity index is 1180. The first-order valence-electron chi connectivity index (χ1n) is 10.3. The van der Waals surface area contributed by atoms with Crippen molar-refractivity contribution in [1.82, 2.24) is 9.80 Å². The van der Waals surface area contributed by atoms with Crippen LogP contribution in [0.15, 0.2) is 41.6 Å². The van der Waals surface area contributed by atoms with E-state index in [9.17, 15) is 22.8 Å². The number of hydrogen-bond donors (Lipinski definition) is 0. The van der Waals surface area contributed by atoms with E-state index in [-0.39, 0.29) is 0 Å². The highest BCUT2D eigenvalue weighted by molar-refractivity contribution is 6.34. The molecule has 4 rings (SSSR count). The van der Waals surface area contributed by atoms with Gasteiger partial charge in [-0.1, -0.05) is 34.4 Å². The van der Waals surface area contributed by atoms with Gasteiger partial charge in [-0.05, 0) is 55.3 Å². The molecule has 34 heavy (non-hydrogen) atoms. The third-order valence-electron chi connectivity index (χ3n) is 5.80. The molecule has 0 spiro atoms. The summed E-state index contributed by atoms with van der Waals surface area (Å²) in [7, 11) is 0. The fourth-order valence-corrected chi connectivity index (χ4v) is 4.58. The van der Waals surface area contributed by atoms with E-state index in [1.165, 1.54) is 0 Å². The Labute approximate surface area is 203 Å². The smallest absolute Gasteiger partial charge is 0.384 e. The number of amides is 2. The lowest BCUT2D eigenvalue weighted by Gasteiger charge is -2.22. The van der Waals surface area contributed by atoms with Crippen LogP contribution in [-0.4, -0.2) is 53.3 Å². The number of rotatable bonds is 4. The molecule has 0 aliphatic carbocycles. The van der Waals surface area contributed by atoms with Crippen LogP contribution >= 0.6 is 23.2 Å². The molecule has 6 nitrogen and oxygen atoms in total. The number of alkyl halides is 3. The highest BCUT2D eigenvalue weighted by Crippen LogP contribution is 2.38. The molecule has 11 heteroatoms. The maximum absolute atomic E-state index is 12.9. The van der Waals surface area contributed by atoms with E-state index in [1.54, 1.807) is 43.3 Å². The van der Waals surface area contributed by atoms with Crippen LogP contribution in [0.2, 0.25) is 10.0 Å². The molecule has 1 saturated heterocycles. The Kier molecular flexibility index (Phi) is 6.29. The molecular formula is C23H20Cl2F3N3O3. The van der Waals surface area contributed by atoms with E-state index in [2.05, 4.69) is 5.16 Å². The standard InChI is InChI=1S/C23H20Cl2F3N3O3/c1-13-5-14(19-9-22(2,34-29-19)15-6-16(24)8-17(25)7-15)3-4-18(13)21(33)30-10-20(32)31(12-30)11-23(26,27)28/h3-8H,9-12H2,1-2H3. The van der Waals surface area contributed by atoms with Crippen LogP contribution in [0.25, 0.3) is 0 Å². The maximum Gasteiger partial charge on any atom is 0.406 e. The zero-order valence-electron chi connectivity index (χ0n) is 18.2.